The van der Waals surface area contributed by atoms with Crippen LogP contribution in [-0.2, 0) is 6.54 Å². The first-order valence-electron chi connectivity index (χ1n) is 5.77. The standard InChI is InChI=1S/C12H14ClN5O/c1-3-18-10(8(14)6-16-18)12(19)17-9-4-7(2)5-15-11(9)13/h4-6H,3,14H2,1-2H3,(H,17,19). The van der Waals surface area contributed by atoms with Crippen molar-refractivity contribution in [3.8, 4) is 0 Å². The Bertz CT molecular complexity index is 623. The number of hydrogen-bond donors (Lipinski definition) is 2. The maximum atomic E-state index is 12.2. The van der Waals surface area contributed by atoms with E-state index < -0.39 is 0 Å². The minimum Gasteiger partial charge on any atom is -0.396 e. The highest BCUT2D eigenvalue weighted by Gasteiger charge is 2.17. The van der Waals surface area contributed by atoms with E-state index in [0.29, 0.717) is 23.6 Å². The Kier molecular flexibility index (Phi) is 3.71. The van der Waals surface area contributed by atoms with E-state index in [1.54, 1.807) is 12.3 Å². The minimum absolute atomic E-state index is 0.236. The summed E-state index contributed by atoms with van der Waals surface area (Å²) >= 11 is 5.94. The predicted octanol–water partition coefficient (Wildman–Crippen LogP) is 2.09. The lowest BCUT2D eigenvalue weighted by molar-refractivity contribution is 0.101. The number of aryl methyl sites for hydroxylation is 2. The fraction of sp³-hybridized carbons (Fsp3) is 0.250. The third-order valence-electron chi connectivity index (χ3n) is 2.61. The van der Waals surface area contributed by atoms with Crippen molar-refractivity contribution >= 4 is 28.9 Å². The third-order valence-corrected chi connectivity index (χ3v) is 2.91. The number of aromatic nitrogens is 3. The van der Waals surface area contributed by atoms with Crippen molar-refractivity contribution in [1.29, 1.82) is 0 Å². The molecule has 2 heterocycles. The molecular formula is C12H14ClN5O. The van der Waals surface area contributed by atoms with Crippen molar-refractivity contribution < 1.29 is 4.79 Å². The lowest BCUT2D eigenvalue weighted by atomic mass is 10.3. The molecule has 0 unspecified atom stereocenters. The molecule has 1 amide bonds. The summed E-state index contributed by atoms with van der Waals surface area (Å²) in [5, 5.41) is 6.95. The Hall–Kier alpha value is -2.08. The largest absolute Gasteiger partial charge is 0.396 e. The summed E-state index contributed by atoms with van der Waals surface area (Å²) < 4.78 is 1.53. The average Bonchev–Trinajstić information content (AvgIpc) is 2.75. The molecular weight excluding hydrogens is 266 g/mol. The van der Waals surface area contributed by atoms with E-state index in [1.807, 2.05) is 13.8 Å². The first-order chi connectivity index (χ1) is 9.02. The molecule has 3 N–H and O–H groups in total. The van der Waals surface area contributed by atoms with Crippen molar-refractivity contribution in [3.63, 3.8) is 0 Å². The van der Waals surface area contributed by atoms with Gasteiger partial charge in [-0.3, -0.25) is 9.48 Å². The number of hydrogen-bond acceptors (Lipinski definition) is 4. The lowest BCUT2D eigenvalue weighted by Crippen LogP contribution is -2.19. The van der Waals surface area contributed by atoms with E-state index in [0.717, 1.165) is 5.56 Å². The highest BCUT2D eigenvalue weighted by molar-refractivity contribution is 6.32. The molecule has 6 nitrogen and oxygen atoms in total. The first kappa shape index (κ1) is 13.4. The second kappa shape index (κ2) is 5.27. The van der Waals surface area contributed by atoms with Crippen LogP contribution in [0.1, 0.15) is 23.0 Å². The van der Waals surface area contributed by atoms with Gasteiger partial charge in [-0.1, -0.05) is 11.6 Å². The van der Waals surface area contributed by atoms with Crippen LogP contribution in [0.4, 0.5) is 11.4 Å². The number of pyridine rings is 1. The molecule has 0 saturated carbocycles. The molecule has 19 heavy (non-hydrogen) atoms. The Morgan fingerprint density at radius 1 is 1.53 bits per heavy atom. The molecule has 0 fully saturated rings. The van der Waals surface area contributed by atoms with Crippen molar-refractivity contribution in [2.45, 2.75) is 20.4 Å². The second-order valence-electron chi connectivity index (χ2n) is 4.07. The van der Waals surface area contributed by atoms with Gasteiger partial charge in [-0.2, -0.15) is 5.10 Å². The molecule has 0 bridgehead atoms. The van der Waals surface area contributed by atoms with Gasteiger partial charge in [0.2, 0.25) is 0 Å². The van der Waals surface area contributed by atoms with Gasteiger partial charge in [-0.15, -0.1) is 0 Å². The molecule has 2 aromatic heterocycles. The molecule has 0 aliphatic rings. The number of amides is 1. The maximum Gasteiger partial charge on any atom is 0.276 e. The monoisotopic (exact) mass is 279 g/mol. The van der Waals surface area contributed by atoms with Gasteiger partial charge in [0.25, 0.3) is 5.91 Å². The molecule has 7 heteroatoms. The minimum atomic E-state index is -0.355. The second-order valence-corrected chi connectivity index (χ2v) is 4.43. The number of anilines is 2. The molecule has 0 radical (unpaired) electrons. The van der Waals surface area contributed by atoms with Gasteiger partial charge in [0.1, 0.15) is 5.69 Å². The fourth-order valence-corrected chi connectivity index (χ4v) is 1.86. The number of halogens is 1. The zero-order chi connectivity index (χ0) is 14.0. The van der Waals surface area contributed by atoms with Gasteiger partial charge >= 0.3 is 0 Å². The van der Waals surface area contributed by atoms with Crippen LogP contribution in [-0.4, -0.2) is 20.7 Å². The smallest absolute Gasteiger partial charge is 0.276 e. The molecule has 0 aliphatic carbocycles. The van der Waals surface area contributed by atoms with E-state index in [-0.39, 0.29) is 11.1 Å². The van der Waals surface area contributed by atoms with Gasteiger partial charge < -0.3 is 11.1 Å². The van der Waals surface area contributed by atoms with Crippen LogP contribution in [0.15, 0.2) is 18.5 Å². The SMILES string of the molecule is CCn1ncc(N)c1C(=O)Nc1cc(C)cnc1Cl. The summed E-state index contributed by atoms with van der Waals surface area (Å²) in [6, 6.07) is 1.75. The normalized spacial score (nSPS) is 10.5. The Balaban J connectivity index is 2.30. The van der Waals surface area contributed by atoms with Gasteiger partial charge in [-0.05, 0) is 25.5 Å². The molecule has 0 spiro atoms. The van der Waals surface area contributed by atoms with Crippen LogP contribution >= 0.6 is 11.6 Å². The van der Waals surface area contributed by atoms with Crippen LogP contribution in [0, 0.1) is 6.92 Å². The summed E-state index contributed by atoms with van der Waals surface area (Å²) in [6.07, 6.45) is 3.08. The Morgan fingerprint density at radius 3 is 2.95 bits per heavy atom. The summed E-state index contributed by atoms with van der Waals surface area (Å²) in [7, 11) is 0. The molecule has 0 aliphatic heterocycles. The van der Waals surface area contributed by atoms with Crippen LogP contribution in [0.5, 0.6) is 0 Å². The van der Waals surface area contributed by atoms with Gasteiger partial charge in [0, 0.05) is 12.7 Å². The van der Waals surface area contributed by atoms with Crippen LogP contribution < -0.4 is 11.1 Å². The van der Waals surface area contributed by atoms with Crippen molar-refractivity contribution in [1.82, 2.24) is 14.8 Å². The van der Waals surface area contributed by atoms with Gasteiger partial charge in [0.05, 0.1) is 17.6 Å². The number of nitrogens with zero attached hydrogens (tertiary/aromatic N) is 3. The van der Waals surface area contributed by atoms with Crippen LogP contribution in [0.2, 0.25) is 5.15 Å². The molecule has 100 valence electrons. The van der Waals surface area contributed by atoms with Crippen molar-refractivity contribution in [2.75, 3.05) is 11.1 Å². The Labute approximate surface area is 115 Å². The van der Waals surface area contributed by atoms with E-state index in [4.69, 9.17) is 17.3 Å². The van der Waals surface area contributed by atoms with E-state index >= 15 is 0 Å². The van der Waals surface area contributed by atoms with Crippen molar-refractivity contribution in [2.24, 2.45) is 0 Å². The van der Waals surface area contributed by atoms with Crippen molar-refractivity contribution in [3.05, 3.63) is 34.9 Å². The quantitative estimate of drug-likeness (QED) is 0.843. The number of rotatable bonds is 3. The molecule has 2 aromatic rings. The zero-order valence-corrected chi connectivity index (χ0v) is 11.4. The fourth-order valence-electron chi connectivity index (χ4n) is 1.71. The highest BCUT2D eigenvalue weighted by atomic mass is 35.5. The molecule has 0 atom stereocenters. The lowest BCUT2D eigenvalue weighted by Gasteiger charge is -2.09. The third kappa shape index (κ3) is 2.68. The highest BCUT2D eigenvalue weighted by Crippen LogP contribution is 2.21. The van der Waals surface area contributed by atoms with Crippen LogP contribution in [0.25, 0.3) is 0 Å². The first-order valence-corrected chi connectivity index (χ1v) is 6.15. The number of carbonyl (C=O) groups excluding carboxylic acids is 1. The number of nitrogens with two attached hydrogens (primary N) is 1. The molecule has 0 aromatic carbocycles. The molecule has 2 rings (SSSR count). The predicted molar refractivity (Wildman–Crippen MR) is 74.3 cm³/mol. The van der Waals surface area contributed by atoms with E-state index in [9.17, 15) is 4.79 Å². The number of nitrogen functional groups attached to an aromatic ring is 1. The summed E-state index contributed by atoms with van der Waals surface area (Å²) in [5.41, 5.74) is 7.75. The van der Waals surface area contributed by atoms with E-state index in [2.05, 4.69) is 15.4 Å². The van der Waals surface area contributed by atoms with Gasteiger partial charge in [0.15, 0.2) is 5.15 Å². The topological polar surface area (TPSA) is 85.8 Å². The summed E-state index contributed by atoms with van der Waals surface area (Å²) in [4.78, 5) is 16.2. The van der Waals surface area contributed by atoms with Gasteiger partial charge in [-0.25, -0.2) is 4.98 Å². The Morgan fingerprint density at radius 2 is 2.26 bits per heavy atom. The summed E-state index contributed by atoms with van der Waals surface area (Å²) in [5.74, 6) is -0.355. The zero-order valence-electron chi connectivity index (χ0n) is 10.6. The summed E-state index contributed by atoms with van der Waals surface area (Å²) in [6.45, 7) is 4.30. The molecule has 0 saturated heterocycles. The maximum absolute atomic E-state index is 12.2. The van der Waals surface area contributed by atoms with Crippen LogP contribution in [0.3, 0.4) is 0 Å². The average molecular weight is 280 g/mol. The number of carbonyl (C=O) groups is 1. The van der Waals surface area contributed by atoms with E-state index in [1.165, 1.54) is 10.9 Å². The number of nitrogens with one attached hydrogen (secondary N) is 1.